The molecule has 2 bridgehead atoms. The van der Waals surface area contributed by atoms with Crippen LogP contribution in [0, 0.1) is 22.7 Å². The number of amides is 2. The third kappa shape index (κ3) is 3.02. The molecule has 3 aliphatic rings. The van der Waals surface area contributed by atoms with Gasteiger partial charge in [0.1, 0.15) is 5.75 Å². The zero-order valence-electron chi connectivity index (χ0n) is 21.9. The molecule has 1 heterocycles. The zero-order chi connectivity index (χ0) is 26.7. The van der Waals surface area contributed by atoms with Crippen LogP contribution in [0.25, 0.3) is 11.1 Å². The van der Waals surface area contributed by atoms with E-state index in [9.17, 15) is 14.4 Å². The van der Waals surface area contributed by atoms with Gasteiger partial charge in [-0.2, -0.15) is 0 Å². The Bertz CT molecular complexity index is 1460. The van der Waals surface area contributed by atoms with Crippen molar-refractivity contribution in [2.75, 3.05) is 11.5 Å². The van der Waals surface area contributed by atoms with E-state index in [0.717, 1.165) is 22.3 Å². The van der Waals surface area contributed by atoms with E-state index in [1.807, 2.05) is 81.4 Å². The minimum Gasteiger partial charge on any atom is -0.494 e. The number of imide groups is 1. The summed E-state index contributed by atoms with van der Waals surface area (Å²) in [5.41, 5.74) is 2.01. The molecular formula is C33H31NO4. The van der Waals surface area contributed by atoms with Crippen LogP contribution in [0.3, 0.4) is 0 Å². The van der Waals surface area contributed by atoms with E-state index in [1.165, 1.54) is 4.90 Å². The molecule has 6 rings (SSSR count). The van der Waals surface area contributed by atoms with Crippen LogP contribution in [0.4, 0.5) is 5.69 Å². The monoisotopic (exact) mass is 505 g/mol. The van der Waals surface area contributed by atoms with Gasteiger partial charge in [-0.05, 0) is 66.8 Å². The van der Waals surface area contributed by atoms with Gasteiger partial charge in [-0.25, -0.2) is 4.90 Å². The van der Waals surface area contributed by atoms with Crippen LogP contribution >= 0.6 is 0 Å². The SMILES string of the molecule is CCCC12C(=O)C(C)(C(c3ccccc3)=C1c1ccccc1)C1C(=O)N(c3ccc(OCC)cc3)C(=O)C12. The molecule has 38 heavy (non-hydrogen) atoms. The molecule has 4 atom stereocenters. The van der Waals surface area contributed by atoms with Gasteiger partial charge in [-0.15, -0.1) is 0 Å². The van der Waals surface area contributed by atoms with Gasteiger partial charge in [-0.1, -0.05) is 74.0 Å². The Labute approximate surface area is 223 Å². The number of rotatable bonds is 7. The van der Waals surface area contributed by atoms with E-state index >= 15 is 0 Å². The molecular weight excluding hydrogens is 474 g/mol. The maximum atomic E-state index is 14.7. The summed E-state index contributed by atoms with van der Waals surface area (Å²) >= 11 is 0. The lowest BCUT2D eigenvalue weighted by atomic mass is 9.61. The molecule has 2 aliphatic carbocycles. The Morgan fingerprint density at radius 3 is 1.84 bits per heavy atom. The third-order valence-electron chi connectivity index (χ3n) is 8.73. The molecule has 0 radical (unpaired) electrons. The first-order valence-corrected chi connectivity index (χ1v) is 13.4. The fourth-order valence-electron chi connectivity index (χ4n) is 7.47. The highest BCUT2D eigenvalue weighted by atomic mass is 16.5. The number of hydrogen-bond acceptors (Lipinski definition) is 4. The topological polar surface area (TPSA) is 63.7 Å². The Kier molecular flexibility index (Phi) is 5.64. The summed E-state index contributed by atoms with van der Waals surface area (Å²) in [6.45, 7) is 6.38. The molecule has 192 valence electrons. The highest BCUT2D eigenvalue weighted by molar-refractivity contribution is 6.34. The molecule has 5 nitrogen and oxygen atoms in total. The number of ketones is 1. The smallest absolute Gasteiger partial charge is 0.239 e. The Hall–Kier alpha value is -3.99. The Morgan fingerprint density at radius 1 is 0.737 bits per heavy atom. The van der Waals surface area contributed by atoms with E-state index < -0.39 is 22.7 Å². The van der Waals surface area contributed by atoms with Gasteiger partial charge in [0, 0.05) is 0 Å². The van der Waals surface area contributed by atoms with E-state index in [-0.39, 0.29) is 17.6 Å². The summed E-state index contributed by atoms with van der Waals surface area (Å²) in [6, 6.07) is 26.9. The van der Waals surface area contributed by atoms with Gasteiger partial charge >= 0.3 is 0 Å². The molecule has 3 aromatic rings. The van der Waals surface area contributed by atoms with Crippen LogP contribution in [0.1, 0.15) is 44.7 Å². The van der Waals surface area contributed by atoms with E-state index in [4.69, 9.17) is 4.74 Å². The first-order valence-electron chi connectivity index (χ1n) is 13.4. The number of carbonyl (C=O) groups is 3. The third-order valence-corrected chi connectivity index (χ3v) is 8.73. The molecule has 1 aliphatic heterocycles. The minimum atomic E-state index is -1.11. The molecule has 0 spiro atoms. The fourth-order valence-corrected chi connectivity index (χ4v) is 7.47. The second-order valence-corrected chi connectivity index (χ2v) is 10.6. The number of benzene rings is 3. The van der Waals surface area contributed by atoms with Crippen molar-refractivity contribution < 1.29 is 19.1 Å². The number of nitrogens with zero attached hydrogens (tertiary/aromatic N) is 1. The largest absolute Gasteiger partial charge is 0.494 e. The van der Waals surface area contributed by atoms with E-state index in [2.05, 4.69) is 0 Å². The van der Waals surface area contributed by atoms with Gasteiger partial charge in [0.2, 0.25) is 11.8 Å². The molecule has 2 amide bonds. The van der Waals surface area contributed by atoms with Crippen molar-refractivity contribution in [2.45, 2.75) is 33.6 Å². The van der Waals surface area contributed by atoms with Gasteiger partial charge < -0.3 is 4.74 Å². The zero-order valence-corrected chi connectivity index (χ0v) is 21.9. The number of anilines is 1. The maximum Gasteiger partial charge on any atom is 0.239 e. The van der Waals surface area contributed by atoms with E-state index in [1.54, 1.807) is 24.3 Å². The molecule has 4 unspecified atom stereocenters. The van der Waals surface area contributed by atoms with Crippen LogP contribution in [0.15, 0.2) is 84.9 Å². The van der Waals surface area contributed by atoms with Crippen molar-refractivity contribution in [3.05, 3.63) is 96.1 Å². The quantitative estimate of drug-likeness (QED) is 0.359. The summed E-state index contributed by atoms with van der Waals surface area (Å²) in [6.07, 6.45) is 1.23. The first kappa shape index (κ1) is 24.4. The van der Waals surface area contributed by atoms with Crippen LogP contribution in [-0.2, 0) is 14.4 Å². The molecule has 0 N–H and O–H groups in total. The van der Waals surface area contributed by atoms with Crippen LogP contribution in [0.2, 0.25) is 0 Å². The fraction of sp³-hybridized carbons (Fsp3) is 0.303. The predicted molar refractivity (Wildman–Crippen MR) is 147 cm³/mol. The van der Waals surface area contributed by atoms with Crippen molar-refractivity contribution in [1.29, 1.82) is 0 Å². The van der Waals surface area contributed by atoms with Gasteiger partial charge in [0.15, 0.2) is 5.78 Å². The Balaban J connectivity index is 1.59. The van der Waals surface area contributed by atoms with Gasteiger partial charge in [0.05, 0.1) is 35.0 Å². The number of Topliss-reactive ketones (excluding diaryl/α,β-unsaturated/α-hetero) is 1. The predicted octanol–water partition coefficient (Wildman–Crippen LogP) is 6.19. The standard InChI is InChI=1S/C33H31NO4/c1-4-20-33-26(22-14-10-7-11-15-22)25(21-12-8-6-9-13-21)32(3,31(33)37)27-28(33)30(36)34(29(27)35)23-16-18-24(19-17-23)38-5-2/h6-19,27-28H,4-5,20H2,1-3H3. The average molecular weight is 506 g/mol. The van der Waals surface area contributed by atoms with Crippen LogP contribution in [0.5, 0.6) is 5.75 Å². The molecule has 0 aromatic heterocycles. The summed E-state index contributed by atoms with van der Waals surface area (Å²) in [7, 11) is 0. The minimum absolute atomic E-state index is 0.00704. The van der Waals surface area contributed by atoms with Gasteiger partial charge in [0.25, 0.3) is 0 Å². The van der Waals surface area contributed by atoms with Crippen LogP contribution < -0.4 is 9.64 Å². The number of ether oxygens (including phenoxy) is 1. The Morgan fingerprint density at radius 2 is 1.29 bits per heavy atom. The summed E-state index contributed by atoms with van der Waals surface area (Å²) in [5.74, 6) is -1.37. The second-order valence-electron chi connectivity index (χ2n) is 10.6. The van der Waals surface area contributed by atoms with Crippen molar-refractivity contribution >= 4 is 34.4 Å². The molecule has 1 saturated heterocycles. The van der Waals surface area contributed by atoms with Crippen molar-refractivity contribution in [1.82, 2.24) is 0 Å². The maximum absolute atomic E-state index is 14.7. The van der Waals surface area contributed by atoms with Crippen molar-refractivity contribution in [3.8, 4) is 5.75 Å². The lowest BCUT2D eigenvalue weighted by molar-refractivity contribution is -0.134. The van der Waals surface area contributed by atoms with Crippen LogP contribution in [-0.4, -0.2) is 24.2 Å². The van der Waals surface area contributed by atoms with Gasteiger partial charge in [-0.3, -0.25) is 14.4 Å². The highest BCUT2D eigenvalue weighted by Gasteiger charge is 2.80. The normalized spacial score (nSPS) is 27.9. The summed E-state index contributed by atoms with van der Waals surface area (Å²) < 4.78 is 5.56. The first-order chi connectivity index (χ1) is 18.4. The molecule has 3 aromatic carbocycles. The molecule has 5 heteroatoms. The number of allylic oxidation sites excluding steroid dienone is 2. The molecule has 2 fully saturated rings. The number of carbonyl (C=O) groups excluding carboxylic acids is 3. The summed E-state index contributed by atoms with van der Waals surface area (Å²) in [5, 5.41) is 0. The number of hydrogen-bond donors (Lipinski definition) is 0. The molecule has 1 saturated carbocycles. The van der Waals surface area contributed by atoms with Crippen molar-refractivity contribution in [3.63, 3.8) is 0 Å². The summed E-state index contributed by atoms with van der Waals surface area (Å²) in [4.78, 5) is 44.5. The average Bonchev–Trinajstić information content (AvgIpc) is 3.40. The van der Waals surface area contributed by atoms with E-state index in [0.29, 0.717) is 30.9 Å². The highest BCUT2D eigenvalue weighted by Crippen LogP contribution is 2.74. The lowest BCUT2D eigenvalue weighted by Gasteiger charge is -2.37. The van der Waals surface area contributed by atoms with Crippen molar-refractivity contribution in [2.24, 2.45) is 22.7 Å². The number of fused-ring (bicyclic) bond motifs is 5. The second kappa shape index (κ2) is 8.80. The lowest BCUT2D eigenvalue weighted by Crippen LogP contribution is -2.41.